The minimum absolute atomic E-state index is 0.0791. The molecule has 4 nitrogen and oxygen atoms in total. The number of aliphatic hydroxyl groups excluding tert-OH is 1. The van der Waals surface area contributed by atoms with Gasteiger partial charge in [0.05, 0.1) is 28.3 Å². The number of aliphatic carboxylic acids is 1. The van der Waals surface area contributed by atoms with Gasteiger partial charge in [-0.2, -0.15) is 0 Å². The van der Waals surface area contributed by atoms with Gasteiger partial charge in [0.1, 0.15) is 0 Å². The van der Waals surface area contributed by atoms with E-state index in [4.69, 9.17) is 28.3 Å². The molecule has 0 amide bonds. The van der Waals surface area contributed by atoms with Crippen LogP contribution in [0.4, 0.5) is 5.69 Å². The molecule has 0 saturated carbocycles. The minimum atomic E-state index is -1.06. The van der Waals surface area contributed by atoms with Crippen LogP contribution in [0.15, 0.2) is 18.2 Å². The van der Waals surface area contributed by atoms with Gasteiger partial charge in [0.15, 0.2) is 0 Å². The van der Waals surface area contributed by atoms with E-state index in [9.17, 15) is 9.90 Å². The molecule has 0 bridgehead atoms. The largest absolute Gasteiger partial charge is 0.481 e. The highest BCUT2D eigenvalue weighted by Crippen LogP contribution is 2.29. The van der Waals surface area contributed by atoms with Crippen molar-refractivity contribution in [2.75, 3.05) is 11.9 Å². The van der Waals surface area contributed by atoms with Gasteiger partial charge in [-0.25, -0.2) is 0 Å². The average Bonchev–Trinajstić information content (AvgIpc) is 2.15. The van der Waals surface area contributed by atoms with E-state index in [1.54, 1.807) is 18.2 Å². The van der Waals surface area contributed by atoms with E-state index in [-0.39, 0.29) is 13.0 Å². The highest BCUT2D eigenvalue weighted by Gasteiger charge is 2.11. The summed E-state index contributed by atoms with van der Waals surface area (Å²) in [7, 11) is 0. The normalized spacial score (nSPS) is 12.2. The number of carboxylic acid groups (broad SMARTS) is 1. The third-order valence-electron chi connectivity index (χ3n) is 1.89. The van der Waals surface area contributed by atoms with Gasteiger partial charge in [0.2, 0.25) is 0 Å². The Balaban J connectivity index is 2.57. The van der Waals surface area contributed by atoms with Crippen LogP contribution in [0.2, 0.25) is 10.0 Å². The van der Waals surface area contributed by atoms with Gasteiger partial charge in [-0.05, 0) is 12.1 Å². The van der Waals surface area contributed by atoms with Crippen LogP contribution in [-0.2, 0) is 4.79 Å². The van der Waals surface area contributed by atoms with E-state index in [0.717, 1.165) is 0 Å². The van der Waals surface area contributed by atoms with Crippen LogP contribution in [0.3, 0.4) is 0 Å². The fourth-order valence-electron chi connectivity index (χ4n) is 1.16. The number of carbonyl (C=O) groups is 1. The highest BCUT2D eigenvalue weighted by molar-refractivity contribution is 6.39. The summed E-state index contributed by atoms with van der Waals surface area (Å²) < 4.78 is 0. The lowest BCUT2D eigenvalue weighted by atomic mass is 10.2. The Morgan fingerprint density at radius 2 is 1.94 bits per heavy atom. The maximum absolute atomic E-state index is 10.3. The molecule has 0 aliphatic heterocycles. The van der Waals surface area contributed by atoms with E-state index in [2.05, 4.69) is 5.32 Å². The fourth-order valence-corrected chi connectivity index (χ4v) is 1.69. The molecular weight excluding hydrogens is 253 g/mol. The molecule has 0 heterocycles. The molecule has 1 atom stereocenters. The standard InChI is InChI=1S/C10H11Cl2NO3/c11-7-2-1-3-8(12)10(7)13-5-6(14)4-9(15)16/h1-3,6,13-14H,4-5H2,(H,15,16). The van der Waals surface area contributed by atoms with E-state index >= 15 is 0 Å². The van der Waals surface area contributed by atoms with Gasteiger partial charge in [-0.1, -0.05) is 29.3 Å². The number of para-hydroxylation sites is 1. The second-order valence-electron chi connectivity index (χ2n) is 3.23. The van der Waals surface area contributed by atoms with Crippen molar-refractivity contribution in [3.63, 3.8) is 0 Å². The van der Waals surface area contributed by atoms with Crippen molar-refractivity contribution in [3.05, 3.63) is 28.2 Å². The van der Waals surface area contributed by atoms with Crippen LogP contribution in [0.25, 0.3) is 0 Å². The molecule has 0 aliphatic rings. The second-order valence-corrected chi connectivity index (χ2v) is 4.04. The van der Waals surface area contributed by atoms with Crippen molar-refractivity contribution in [2.24, 2.45) is 0 Å². The topological polar surface area (TPSA) is 69.6 Å². The van der Waals surface area contributed by atoms with Crippen LogP contribution in [0.5, 0.6) is 0 Å². The first-order valence-electron chi connectivity index (χ1n) is 4.58. The van der Waals surface area contributed by atoms with Gasteiger partial charge >= 0.3 is 5.97 Å². The van der Waals surface area contributed by atoms with Gasteiger partial charge in [0.25, 0.3) is 0 Å². The van der Waals surface area contributed by atoms with Crippen molar-refractivity contribution in [3.8, 4) is 0 Å². The molecule has 1 unspecified atom stereocenters. The molecule has 1 aromatic rings. The van der Waals surface area contributed by atoms with Gasteiger partial charge in [-0.15, -0.1) is 0 Å². The summed E-state index contributed by atoms with van der Waals surface area (Å²) in [6.07, 6.45) is -1.31. The first kappa shape index (κ1) is 13.1. The highest BCUT2D eigenvalue weighted by atomic mass is 35.5. The molecule has 0 radical (unpaired) electrons. The Bertz CT molecular complexity index is 364. The number of hydrogen-bond acceptors (Lipinski definition) is 3. The first-order valence-corrected chi connectivity index (χ1v) is 5.34. The zero-order valence-electron chi connectivity index (χ0n) is 8.28. The van der Waals surface area contributed by atoms with E-state index in [1.807, 2.05) is 0 Å². The van der Waals surface area contributed by atoms with Crippen LogP contribution >= 0.6 is 23.2 Å². The van der Waals surface area contributed by atoms with Crippen molar-refractivity contribution >= 4 is 34.9 Å². The third-order valence-corrected chi connectivity index (χ3v) is 2.52. The third kappa shape index (κ3) is 3.89. The monoisotopic (exact) mass is 263 g/mol. The molecule has 0 saturated heterocycles. The molecule has 0 aliphatic carbocycles. The average molecular weight is 264 g/mol. The lowest BCUT2D eigenvalue weighted by molar-refractivity contribution is -0.138. The molecule has 0 fully saturated rings. The Labute approximate surface area is 103 Å². The van der Waals surface area contributed by atoms with Crippen LogP contribution in [0.1, 0.15) is 6.42 Å². The minimum Gasteiger partial charge on any atom is -0.481 e. The first-order chi connectivity index (χ1) is 7.50. The smallest absolute Gasteiger partial charge is 0.306 e. The molecule has 0 spiro atoms. The summed E-state index contributed by atoms with van der Waals surface area (Å²) in [6.45, 7) is 0.0791. The quantitative estimate of drug-likeness (QED) is 0.762. The predicted octanol–water partition coefficient (Wildman–Crippen LogP) is 2.24. The van der Waals surface area contributed by atoms with E-state index in [1.165, 1.54) is 0 Å². The predicted molar refractivity (Wildman–Crippen MR) is 63.2 cm³/mol. The lowest BCUT2D eigenvalue weighted by Gasteiger charge is -2.13. The van der Waals surface area contributed by atoms with Crippen LogP contribution in [0, 0.1) is 0 Å². The molecule has 0 aromatic heterocycles. The molecule has 3 N–H and O–H groups in total. The molecule has 6 heteroatoms. The molecule has 88 valence electrons. The zero-order chi connectivity index (χ0) is 12.1. The van der Waals surface area contributed by atoms with E-state index in [0.29, 0.717) is 15.7 Å². The number of hydrogen-bond donors (Lipinski definition) is 3. The lowest BCUT2D eigenvalue weighted by Crippen LogP contribution is -2.22. The number of aliphatic hydroxyl groups is 1. The van der Waals surface area contributed by atoms with Crippen LogP contribution < -0.4 is 5.32 Å². The van der Waals surface area contributed by atoms with Crippen molar-refractivity contribution in [1.82, 2.24) is 0 Å². The summed E-state index contributed by atoms with van der Waals surface area (Å²) in [5.41, 5.74) is 0.496. The summed E-state index contributed by atoms with van der Waals surface area (Å²) in [5, 5.41) is 21.4. The number of benzene rings is 1. The molecule has 1 rings (SSSR count). The molecular formula is C10H11Cl2NO3. The van der Waals surface area contributed by atoms with E-state index < -0.39 is 12.1 Å². The Morgan fingerprint density at radius 3 is 2.44 bits per heavy atom. The summed E-state index contributed by atoms with van der Waals surface area (Å²) in [4.78, 5) is 10.3. The maximum Gasteiger partial charge on any atom is 0.306 e. The summed E-state index contributed by atoms with van der Waals surface area (Å²) in [6, 6.07) is 5.00. The van der Waals surface area contributed by atoms with Crippen molar-refractivity contribution < 1.29 is 15.0 Å². The fraction of sp³-hybridized carbons (Fsp3) is 0.300. The number of halogens is 2. The van der Waals surface area contributed by atoms with Crippen molar-refractivity contribution in [1.29, 1.82) is 0 Å². The Kier molecular flexibility index (Phi) is 4.86. The SMILES string of the molecule is O=C(O)CC(O)CNc1c(Cl)cccc1Cl. The second kappa shape index (κ2) is 5.94. The molecule has 1 aromatic carbocycles. The summed E-state index contributed by atoms with van der Waals surface area (Å²) >= 11 is 11.7. The van der Waals surface area contributed by atoms with Gasteiger partial charge in [-0.3, -0.25) is 4.79 Å². The number of carboxylic acids is 1. The maximum atomic E-state index is 10.3. The zero-order valence-corrected chi connectivity index (χ0v) is 9.79. The Hall–Kier alpha value is -0.970. The number of rotatable bonds is 5. The number of nitrogens with one attached hydrogen (secondary N) is 1. The van der Waals surface area contributed by atoms with Crippen molar-refractivity contribution in [2.45, 2.75) is 12.5 Å². The van der Waals surface area contributed by atoms with Crippen LogP contribution in [-0.4, -0.2) is 28.8 Å². The number of anilines is 1. The summed E-state index contributed by atoms with van der Waals surface area (Å²) in [5.74, 6) is -1.06. The Morgan fingerprint density at radius 1 is 1.38 bits per heavy atom. The van der Waals surface area contributed by atoms with Gasteiger partial charge < -0.3 is 15.5 Å². The molecule has 16 heavy (non-hydrogen) atoms. The van der Waals surface area contributed by atoms with Gasteiger partial charge in [0, 0.05) is 6.54 Å².